The molecule has 2 rings (SSSR count). The zero-order valence-corrected chi connectivity index (χ0v) is 12.2. The van der Waals surface area contributed by atoms with Crippen LogP contribution >= 0.6 is 0 Å². The van der Waals surface area contributed by atoms with E-state index >= 15 is 0 Å². The summed E-state index contributed by atoms with van der Waals surface area (Å²) >= 11 is 0. The first kappa shape index (κ1) is 13.6. The average Bonchev–Trinajstić information content (AvgIpc) is 2.73. The van der Waals surface area contributed by atoms with Crippen molar-refractivity contribution in [2.45, 2.75) is 40.2 Å². The van der Waals surface area contributed by atoms with Gasteiger partial charge in [-0.2, -0.15) is 0 Å². The Bertz CT molecular complexity index is 425. The first-order valence-corrected chi connectivity index (χ1v) is 7.04. The molecule has 1 aromatic rings. The summed E-state index contributed by atoms with van der Waals surface area (Å²) in [6, 6.07) is 5.03. The van der Waals surface area contributed by atoms with E-state index in [1.165, 1.54) is 41.8 Å². The Hall–Kier alpha value is -0.860. The second kappa shape index (κ2) is 5.41. The van der Waals surface area contributed by atoms with Gasteiger partial charge >= 0.3 is 0 Å². The van der Waals surface area contributed by atoms with Gasteiger partial charge in [-0.05, 0) is 61.9 Å². The maximum atomic E-state index is 6.05. The van der Waals surface area contributed by atoms with Gasteiger partial charge in [0.05, 0.1) is 0 Å². The SMILES string of the molecule is Cc1cc(C)c(C(CN)N2CCC(C)C2)cc1C. The monoisotopic (exact) mass is 246 g/mol. The van der Waals surface area contributed by atoms with Crippen molar-refractivity contribution in [3.63, 3.8) is 0 Å². The Balaban J connectivity index is 2.30. The molecule has 0 aromatic heterocycles. The first-order chi connectivity index (χ1) is 8.52. The van der Waals surface area contributed by atoms with Crippen LogP contribution in [0.5, 0.6) is 0 Å². The maximum absolute atomic E-state index is 6.05. The van der Waals surface area contributed by atoms with Gasteiger partial charge in [-0.3, -0.25) is 4.90 Å². The molecule has 0 spiro atoms. The first-order valence-electron chi connectivity index (χ1n) is 7.04. The van der Waals surface area contributed by atoms with Crippen molar-refractivity contribution >= 4 is 0 Å². The van der Waals surface area contributed by atoms with Crippen LogP contribution in [0.25, 0.3) is 0 Å². The summed E-state index contributed by atoms with van der Waals surface area (Å²) in [6.07, 6.45) is 1.31. The van der Waals surface area contributed by atoms with Crippen LogP contribution in [0.3, 0.4) is 0 Å². The molecule has 2 unspecified atom stereocenters. The molecule has 1 saturated heterocycles. The summed E-state index contributed by atoms with van der Waals surface area (Å²) in [5.74, 6) is 0.811. The summed E-state index contributed by atoms with van der Waals surface area (Å²) in [5, 5.41) is 0. The van der Waals surface area contributed by atoms with Crippen LogP contribution in [0.4, 0.5) is 0 Å². The molecule has 0 amide bonds. The number of nitrogens with zero attached hydrogens (tertiary/aromatic N) is 1. The Morgan fingerprint density at radius 1 is 1.22 bits per heavy atom. The quantitative estimate of drug-likeness (QED) is 0.888. The molecule has 1 aliphatic rings. The number of likely N-dealkylation sites (tertiary alicyclic amines) is 1. The number of aryl methyl sites for hydroxylation is 3. The third-order valence-corrected chi connectivity index (χ3v) is 4.36. The third-order valence-electron chi connectivity index (χ3n) is 4.36. The highest BCUT2D eigenvalue weighted by molar-refractivity contribution is 5.38. The minimum absolute atomic E-state index is 0.397. The second-order valence-electron chi connectivity index (χ2n) is 5.93. The van der Waals surface area contributed by atoms with Crippen molar-refractivity contribution in [1.29, 1.82) is 0 Å². The zero-order valence-electron chi connectivity index (χ0n) is 12.2. The number of benzene rings is 1. The second-order valence-corrected chi connectivity index (χ2v) is 5.93. The molecular weight excluding hydrogens is 220 g/mol. The van der Waals surface area contributed by atoms with E-state index in [0.717, 1.165) is 12.5 Å². The third kappa shape index (κ3) is 2.60. The van der Waals surface area contributed by atoms with E-state index in [2.05, 4.69) is 44.7 Å². The van der Waals surface area contributed by atoms with Gasteiger partial charge in [-0.25, -0.2) is 0 Å². The molecule has 0 saturated carbocycles. The lowest BCUT2D eigenvalue weighted by Crippen LogP contribution is -2.32. The minimum Gasteiger partial charge on any atom is -0.329 e. The summed E-state index contributed by atoms with van der Waals surface area (Å²) in [5.41, 5.74) is 11.6. The summed E-state index contributed by atoms with van der Waals surface area (Å²) in [6.45, 7) is 12.0. The fourth-order valence-corrected chi connectivity index (χ4v) is 3.07. The summed E-state index contributed by atoms with van der Waals surface area (Å²) in [7, 11) is 0. The van der Waals surface area contributed by atoms with E-state index in [1.54, 1.807) is 0 Å². The van der Waals surface area contributed by atoms with Gasteiger partial charge in [-0.1, -0.05) is 19.1 Å². The molecule has 100 valence electrons. The van der Waals surface area contributed by atoms with Gasteiger partial charge in [0.25, 0.3) is 0 Å². The van der Waals surface area contributed by atoms with Crippen LogP contribution in [0.15, 0.2) is 12.1 Å². The van der Waals surface area contributed by atoms with E-state index < -0.39 is 0 Å². The lowest BCUT2D eigenvalue weighted by Gasteiger charge is -2.29. The van der Waals surface area contributed by atoms with Gasteiger partial charge < -0.3 is 5.73 Å². The maximum Gasteiger partial charge on any atom is 0.0473 e. The molecule has 1 aliphatic heterocycles. The Morgan fingerprint density at radius 3 is 2.44 bits per heavy atom. The standard InChI is InChI=1S/C16H26N2/c1-11-5-6-18(10-11)16(9-17)15-8-13(3)12(2)7-14(15)4/h7-8,11,16H,5-6,9-10,17H2,1-4H3. The molecule has 1 fully saturated rings. The van der Waals surface area contributed by atoms with Crippen molar-refractivity contribution in [3.8, 4) is 0 Å². The predicted octanol–water partition coefficient (Wildman–Crippen LogP) is 2.95. The highest BCUT2D eigenvalue weighted by Crippen LogP contribution is 2.30. The largest absolute Gasteiger partial charge is 0.329 e. The highest BCUT2D eigenvalue weighted by atomic mass is 15.2. The summed E-state index contributed by atoms with van der Waals surface area (Å²) in [4.78, 5) is 2.56. The van der Waals surface area contributed by atoms with E-state index in [4.69, 9.17) is 5.73 Å². The normalized spacial score (nSPS) is 22.4. The molecule has 2 N–H and O–H groups in total. The van der Waals surface area contributed by atoms with Crippen LogP contribution in [0, 0.1) is 26.7 Å². The molecule has 0 bridgehead atoms. The lowest BCUT2D eigenvalue weighted by molar-refractivity contribution is 0.243. The van der Waals surface area contributed by atoms with Gasteiger partial charge in [-0.15, -0.1) is 0 Å². The molecule has 2 atom stereocenters. The number of rotatable bonds is 3. The van der Waals surface area contributed by atoms with Gasteiger partial charge in [0.1, 0.15) is 0 Å². The van der Waals surface area contributed by atoms with Crippen molar-refractivity contribution < 1.29 is 0 Å². The van der Waals surface area contributed by atoms with Crippen molar-refractivity contribution in [1.82, 2.24) is 4.90 Å². The fourth-order valence-electron chi connectivity index (χ4n) is 3.07. The van der Waals surface area contributed by atoms with Gasteiger partial charge in [0.2, 0.25) is 0 Å². The number of hydrogen-bond acceptors (Lipinski definition) is 2. The molecule has 1 aromatic carbocycles. The van der Waals surface area contributed by atoms with Crippen molar-refractivity contribution in [2.75, 3.05) is 19.6 Å². The molecule has 0 radical (unpaired) electrons. The van der Waals surface area contributed by atoms with Gasteiger partial charge in [0.15, 0.2) is 0 Å². The van der Waals surface area contributed by atoms with Gasteiger partial charge in [0, 0.05) is 19.1 Å². The number of hydrogen-bond donors (Lipinski definition) is 1. The molecule has 2 heteroatoms. The molecule has 0 aliphatic carbocycles. The topological polar surface area (TPSA) is 29.3 Å². The number of nitrogens with two attached hydrogens (primary N) is 1. The smallest absolute Gasteiger partial charge is 0.0473 e. The van der Waals surface area contributed by atoms with E-state index in [0.29, 0.717) is 6.04 Å². The molecule has 1 heterocycles. The fraction of sp³-hybridized carbons (Fsp3) is 0.625. The van der Waals surface area contributed by atoms with Crippen molar-refractivity contribution in [2.24, 2.45) is 11.7 Å². The molecule has 18 heavy (non-hydrogen) atoms. The van der Waals surface area contributed by atoms with Crippen LogP contribution in [0.2, 0.25) is 0 Å². The lowest BCUT2D eigenvalue weighted by atomic mass is 9.95. The zero-order chi connectivity index (χ0) is 13.3. The Morgan fingerprint density at radius 2 is 1.89 bits per heavy atom. The molecular formula is C16H26N2. The van der Waals surface area contributed by atoms with E-state index in [1.807, 2.05) is 0 Å². The van der Waals surface area contributed by atoms with E-state index in [9.17, 15) is 0 Å². The van der Waals surface area contributed by atoms with Crippen molar-refractivity contribution in [3.05, 3.63) is 34.4 Å². The highest BCUT2D eigenvalue weighted by Gasteiger charge is 2.27. The van der Waals surface area contributed by atoms with E-state index in [-0.39, 0.29) is 0 Å². The Kier molecular flexibility index (Phi) is 4.08. The van der Waals surface area contributed by atoms with Crippen LogP contribution in [-0.4, -0.2) is 24.5 Å². The summed E-state index contributed by atoms with van der Waals surface area (Å²) < 4.78 is 0. The van der Waals surface area contributed by atoms with Crippen LogP contribution in [-0.2, 0) is 0 Å². The van der Waals surface area contributed by atoms with Crippen LogP contribution in [0.1, 0.15) is 41.6 Å². The molecule has 2 nitrogen and oxygen atoms in total. The Labute approximate surface area is 111 Å². The predicted molar refractivity (Wildman–Crippen MR) is 77.8 cm³/mol. The average molecular weight is 246 g/mol. The van der Waals surface area contributed by atoms with Crippen LogP contribution < -0.4 is 5.73 Å². The minimum atomic E-state index is 0.397.